The topological polar surface area (TPSA) is 76.1 Å². The van der Waals surface area contributed by atoms with Gasteiger partial charge >= 0.3 is 0 Å². The molecule has 0 amide bonds. The highest BCUT2D eigenvalue weighted by atomic mass is 16.3. The van der Waals surface area contributed by atoms with Crippen LogP contribution in [0, 0.1) is 0 Å². The van der Waals surface area contributed by atoms with Gasteiger partial charge in [0, 0.05) is 6.54 Å². The molecule has 1 heterocycles. The molecule has 1 unspecified atom stereocenters. The van der Waals surface area contributed by atoms with Crippen molar-refractivity contribution in [1.29, 1.82) is 0 Å². The van der Waals surface area contributed by atoms with Crippen LogP contribution < -0.4 is 11.1 Å². The smallest absolute Gasteiger partial charge is 0.148 e. The molecule has 5 nitrogen and oxygen atoms in total. The van der Waals surface area contributed by atoms with Crippen LogP contribution in [0.3, 0.4) is 0 Å². The van der Waals surface area contributed by atoms with Crippen LogP contribution in [0.25, 0.3) is 0 Å². The Balaban J connectivity index is 2.05. The van der Waals surface area contributed by atoms with Gasteiger partial charge in [0.2, 0.25) is 0 Å². The number of aliphatic hydroxyl groups is 1. The van der Waals surface area contributed by atoms with Crippen molar-refractivity contribution in [3.8, 4) is 0 Å². The predicted octanol–water partition coefficient (Wildman–Crippen LogP) is 1.59. The van der Waals surface area contributed by atoms with E-state index in [2.05, 4.69) is 10.4 Å². The summed E-state index contributed by atoms with van der Waals surface area (Å²) in [6.45, 7) is 2.29. The van der Waals surface area contributed by atoms with Gasteiger partial charge in [0.15, 0.2) is 0 Å². The summed E-state index contributed by atoms with van der Waals surface area (Å²) in [4.78, 5) is 0. The van der Waals surface area contributed by atoms with Crippen LogP contribution in [-0.4, -0.2) is 14.9 Å². The number of nitrogens with two attached hydrogens (primary N) is 1. The van der Waals surface area contributed by atoms with E-state index in [4.69, 9.17) is 5.73 Å². The number of nitrogens with zero attached hydrogens (tertiary/aromatic N) is 2. The van der Waals surface area contributed by atoms with E-state index in [-0.39, 0.29) is 0 Å². The van der Waals surface area contributed by atoms with E-state index in [1.807, 2.05) is 30.3 Å². The first kappa shape index (κ1) is 11.5. The lowest BCUT2D eigenvalue weighted by Crippen LogP contribution is -2.10. The van der Waals surface area contributed by atoms with Gasteiger partial charge in [0.1, 0.15) is 12.0 Å². The molecule has 0 saturated carbocycles. The van der Waals surface area contributed by atoms with Crippen LogP contribution >= 0.6 is 0 Å². The van der Waals surface area contributed by atoms with Gasteiger partial charge in [0.05, 0.1) is 11.9 Å². The van der Waals surface area contributed by atoms with E-state index >= 15 is 0 Å². The standard InChI is InChI=1S/C12H16N4O/c1-9(17)16-12(13)11(8-15-16)14-7-10-5-3-2-4-6-10/h2-6,8-9,14,17H,7,13H2,1H3. The first-order valence-electron chi connectivity index (χ1n) is 5.47. The van der Waals surface area contributed by atoms with Gasteiger partial charge in [-0.05, 0) is 12.5 Å². The number of rotatable bonds is 4. The number of aromatic nitrogens is 2. The number of aliphatic hydroxyl groups excluding tert-OH is 1. The predicted molar refractivity (Wildman–Crippen MR) is 67.3 cm³/mol. The van der Waals surface area contributed by atoms with Crippen LogP contribution in [0.15, 0.2) is 36.5 Å². The van der Waals surface area contributed by atoms with Crippen molar-refractivity contribution in [2.75, 3.05) is 11.1 Å². The second-order valence-electron chi connectivity index (χ2n) is 3.86. The van der Waals surface area contributed by atoms with Crippen molar-refractivity contribution < 1.29 is 5.11 Å². The molecule has 0 aliphatic rings. The maximum absolute atomic E-state index is 9.40. The van der Waals surface area contributed by atoms with Crippen molar-refractivity contribution in [2.45, 2.75) is 19.7 Å². The fourth-order valence-corrected chi connectivity index (χ4v) is 1.60. The van der Waals surface area contributed by atoms with E-state index < -0.39 is 6.23 Å². The normalized spacial score (nSPS) is 12.4. The second kappa shape index (κ2) is 4.88. The maximum Gasteiger partial charge on any atom is 0.148 e. The highest BCUT2D eigenvalue weighted by Gasteiger charge is 2.09. The summed E-state index contributed by atoms with van der Waals surface area (Å²) in [6.07, 6.45) is 0.896. The van der Waals surface area contributed by atoms with Gasteiger partial charge < -0.3 is 16.2 Å². The summed E-state index contributed by atoms with van der Waals surface area (Å²) in [5.74, 6) is 0.441. The number of anilines is 2. The van der Waals surface area contributed by atoms with Gasteiger partial charge in [-0.15, -0.1) is 0 Å². The third-order valence-electron chi connectivity index (χ3n) is 2.51. The molecule has 0 radical (unpaired) electrons. The largest absolute Gasteiger partial charge is 0.382 e. The Labute approximate surface area is 99.9 Å². The van der Waals surface area contributed by atoms with Crippen molar-refractivity contribution in [3.05, 3.63) is 42.1 Å². The van der Waals surface area contributed by atoms with E-state index in [9.17, 15) is 5.11 Å². The molecule has 0 bridgehead atoms. The zero-order valence-electron chi connectivity index (χ0n) is 9.67. The average molecular weight is 232 g/mol. The lowest BCUT2D eigenvalue weighted by atomic mass is 10.2. The minimum atomic E-state index is -0.720. The highest BCUT2D eigenvalue weighted by molar-refractivity contribution is 5.61. The average Bonchev–Trinajstić information content (AvgIpc) is 2.69. The molecule has 0 spiro atoms. The van der Waals surface area contributed by atoms with Crippen LogP contribution in [0.2, 0.25) is 0 Å². The Morgan fingerprint density at radius 3 is 2.71 bits per heavy atom. The van der Waals surface area contributed by atoms with Crippen LogP contribution in [-0.2, 0) is 6.54 Å². The van der Waals surface area contributed by atoms with Gasteiger partial charge in [-0.3, -0.25) is 0 Å². The Morgan fingerprint density at radius 2 is 2.12 bits per heavy atom. The summed E-state index contributed by atoms with van der Waals surface area (Å²) < 4.78 is 1.37. The van der Waals surface area contributed by atoms with Crippen molar-refractivity contribution in [3.63, 3.8) is 0 Å². The summed E-state index contributed by atoms with van der Waals surface area (Å²) in [7, 11) is 0. The molecule has 1 aromatic heterocycles. The lowest BCUT2D eigenvalue weighted by molar-refractivity contribution is 0.113. The number of hydrogen-bond donors (Lipinski definition) is 3. The molecule has 5 heteroatoms. The van der Waals surface area contributed by atoms with Gasteiger partial charge in [-0.25, -0.2) is 4.68 Å². The SMILES string of the molecule is CC(O)n1ncc(NCc2ccccc2)c1N. The minimum absolute atomic E-state index is 0.441. The van der Waals surface area contributed by atoms with Crippen molar-refractivity contribution in [2.24, 2.45) is 0 Å². The Kier molecular flexibility index (Phi) is 3.30. The molecular formula is C12H16N4O. The number of benzene rings is 1. The highest BCUT2D eigenvalue weighted by Crippen LogP contribution is 2.20. The van der Waals surface area contributed by atoms with E-state index in [0.29, 0.717) is 12.4 Å². The van der Waals surface area contributed by atoms with Crippen LogP contribution in [0.1, 0.15) is 18.7 Å². The second-order valence-corrected chi connectivity index (χ2v) is 3.86. The van der Waals surface area contributed by atoms with Crippen LogP contribution in [0.5, 0.6) is 0 Å². The molecule has 90 valence electrons. The van der Waals surface area contributed by atoms with Gasteiger partial charge in [0.25, 0.3) is 0 Å². The molecule has 2 rings (SSSR count). The van der Waals surface area contributed by atoms with Crippen molar-refractivity contribution in [1.82, 2.24) is 9.78 Å². The zero-order valence-corrected chi connectivity index (χ0v) is 9.67. The molecular weight excluding hydrogens is 216 g/mol. The molecule has 0 saturated heterocycles. The van der Waals surface area contributed by atoms with Crippen LogP contribution in [0.4, 0.5) is 11.5 Å². The van der Waals surface area contributed by atoms with Crippen molar-refractivity contribution >= 4 is 11.5 Å². The molecule has 0 fully saturated rings. The fourth-order valence-electron chi connectivity index (χ4n) is 1.60. The summed E-state index contributed by atoms with van der Waals surface area (Å²) in [5.41, 5.74) is 7.74. The molecule has 17 heavy (non-hydrogen) atoms. The fraction of sp³-hybridized carbons (Fsp3) is 0.250. The van der Waals surface area contributed by atoms with E-state index in [0.717, 1.165) is 11.3 Å². The Bertz CT molecular complexity index is 479. The quantitative estimate of drug-likeness (QED) is 0.748. The molecule has 0 aliphatic heterocycles. The minimum Gasteiger partial charge on any atom is -0.382 e. The summed E-state index contributed by atoms with van der Waals surface area (Å²) in [5, 5.41) is 16.6. The molecule has 4 N–H and O–H groups in total. The third kappa shape index (κ3) is 2.57. The first-order valence-corrected chi connectivity index (χ1v) is 5.47. The molecule has 1 aromatic carbocycles. The number of hydrogen-bond acceptors (Lipinski definition) is 4. The summed E-state index contributed by atoms with van der Waals surface area (Å²) >= 11 is 0. The van der Waals surface area contributed by atoms with Gasteiger partial charge in [-0.1, -0.05) is 30.3 Å². The van der Waals surface area contributed by atoms with Gasteiger partial charge in [-0.2, -0.15) is 5.10 Å². The van der Waals surface area contributed by atoms with E-state index in [1.165, 1.54) is 4.68 Å². The molecule has 0 aliphatic carbocycles. The molecule has 2 aromatic rings. The van der Waals surface area contributed by atoms with E-state index in [1.54, 1.807) is 13.1 Å². The Morgan fingerprint density at radius 1 is 1.41 bits per heavy atom. The zero-order chi connectivity index (χ0) is 12.3. The first-order chi connectivity index (χ1) is 8.18. The molecule has 1 atom stereocenters. The number of nitrogens with one attached hydrogen (secondary N) is 1. The lowest BCUT2D eigenvalue weighted by Gasteiger charge is -2.08. The third-order valence-corrected chi connectivity index (χ3v) is 2.51. The Hall–Kier alpha value is -2.01. The summed E-state index contributed by atoms with van der Waals surface area (Å²) in [6, 6.07) is 10.0. The monoisotopic (exact) mass is 232 g/mol. The maximum atomic E-state index is 9.40. The number of nitrogen functional groups attached to an aromatic ring is 1.